The van der Waals surface area contributed by atoms with E-state index in [9.17, 15) is 13.2 Å². The zero-order valence-electron chi connectivity index (χ0n) is 18.9. The van der Waals surface area contributed by atoms with Crippen molar-refractivity contribution in [2.45, 2.75) is 46.1 Å². The Morgan fingerprint density at radius 3 is 2.42 bits per heavy atom. The number of aryl methyl sites for hydroxylation is 1. The van der Waals surface area contributed by atoms with Crippen molar-refractivity contribution in [3.8, 4) is 5.75 Å². The lowest BCUT2D eigenvalue weighted by Crippen LogP contribution is -2.48. The molecule has 0 heterocycles. The number of para-hydroxylation sites is 1. The minimum atomic E-state index is -3.70. The number of amides is 1. The standard InChI is InChI=1S/C23H31ClN2O4S/c1-16-11-12-18(15-20(16)24)26(31(6,28)29)17(2)22(27)25-13-14-30-21-10-8-7-9-19(21)23(3,4)5/h7-12,15,17H,13-14H2,1-6H3,(H,25,27)/t17-/m1/s1. The van der Waals surface area contributed by atoms with Gasteiger partial charge in [0, 0.05) is 5.02 Å². The number of rotatable bonds is 8. The van der Waals surface area contributed by atoms with E-state index >= 15 is 0 Å². The first kappa shape index (κ1) is 25.0. The molecule has 31 heavy (non-hydrogen) atoms. The molecule has 170 valence electrons. The summed E-state index contributed by atoms with van der Waals surface area (Å²) in [4.78, 5) is 12.7. The first-order valence-corrected chi connectivity index (χ1v) is 12.3. The smallest absolute Gasteiger partial charge is 0.243 e. The molecule has 0 fully saturated rings. The predicted octanol–water partition coefficient (Wildman–Crippen LogP) is 4.30. The fourth-order valence-corrected chi connectivity index (χ4v) is 4.56. The van der Waals surface area contributed by atoms with E-state index in [4.69, 9.17) is 16.3 Å². The summed E-state index contributed by atoms with van der Waals surface area (Å²) < 4.78 is 31.7. The third-order valence-electron chi connectivity index (χ3n) is 4.85. The summed E-state index contributed by atoms with van der Waals surface area (Å²) in [6, 6.07) is 11.8. The van der Waals surface area contributed by atoms with Crippen LogP contribution in [-0.2, 0) is 20.2 Å². The monoisotopic (exact) mass is 466 g/mol. The van der Waals surface area contributed by atoms with Crippen LogP contribution >= 0.6 is 11.6 Å². The lowest BCUT2D eigenvalue weighted by molar-refractivity contribution is -0.121. The van der Waals surface area contributed by atoms with E-state index in [1.54, 1.807) is 25.1 Å². The van der Waals surface area contributed by atoms with Crippen molar-refractivity contribution in [3.63, 3.8) is 0 Å². The molecule has 2 aromatic carbocycles. The summed E-state index contributed by atoms with van der Waals surface area (Å²) in [6.45, 7) is 10.2. The van der Waals surface area contributed by atoms with Crippen LogP contribution in [0, 0.1) is 6.92 Å². The predicted molar refractivity (Wildman–Crippen MR) is 127 cm³/mol. The third kappa shape index (κ3) is 6.61. The van der Waals surface area contributed by atoms with E-state index < -0.39 is 22.0 Å². The zero-order chi connectivity index (χ0) is 23.4. The second-order valence-corrected chi connectivity index (χ2v) is 10.8. The Kier molecular flexibility index (Phi) is 8.00. The van der Waals surface area contributed by atoms with Crippen LogP contribution in [0.1, 0.15) is 38.8 Å². The van der Waals surface area contributed by atoms with Gasteiger partial charge in [-0.05, 0) is 48.6 Å². The van der Waals surface area contributed by atoms with E-state index in [0.717, 1.165) is 27.4 Å². The number of ether oxygens (including phenoxy) is 1. The Labute approximate surface area is 190 Å². The summed E-state index contributed by atoms with van der Waals surface area (Å²) in [6.07, 6.45) is 1.07. The summed E-state index contributed by atoms with van der Waals surface area (Å²) in [5, 5.41) is 3.19. The minimum Gasteiger partial charge on any atom is -0.491 e. The Bertz CT molecular complexity index is 1030. The zero-order valence-corrected chi connectivity index (χ0v) is 20.5. The SMILES string of the molecule is Cc1ccc(N([C@H](C)C(=O)NCCOc2ccccc2C(C)(C)C)S(C)(=O)=O)cc1Cl. The Morgan fingerprint density at radius 1 is 1.19 bits per heavy atom. The highest BCUT2D eigenvalue weighted by Gasteiger charge is 2.29. The normalized spacial score (nSPS) is 12.9. The number of sulfonamides is 1. The van der Waals surface area contributed by atoms with Gasteiger partial charge in [-0.15, -0.1) is 0 Å². The Morgan fingerprint density at radius 2 is 1.84 bits per heavy atom. The molecule has 2 aromatic rings. The average molecular weight is 467 g/mol. The molecule has 8 heteroatoms. The van der Waals surface area contributed by atoms with Crippen molar-refractivity contribution in [3.05, 3.63) is 58.6 Å². The number of hydrogen-bond acceptors (Lipinski definition) is 4. The van der Waals surface area contributed by atoms with Crippen molar-refractivity contribution < 1.29 is 17.9 Å². The third-order valence-corrected chi connectivity index (χ3v) is 6.50. The quantitative estimate of drug-likeness (QED) is 0.588. The molecule has 1 atom stereocenters. The van der Waals surface area contributed by atoms with Crippen LogP contribution in [-0.4, -0.2) is 39.8 Å². The largest absolute Gasteiger partial charge is 0.491 e. The van der Waals surface area contributed by atoms with Gasteiger partial charge in [-0.25, -0.2) is 8.42 Å². The lowest BCUT2D eigenvalue weighted by atomic mass is 9.86. The maximum atomic E-state index is 12.7. The maximum absolute atomic E-state index is 12.7. The van der Waals surface area contributed by atoms with Crippen LogP contribution in [0.25, 0.3) is 0 Å². The molecule has 0 spiro atoms. The molecule has 1 N–H and O–H groups in total. The van der Waals surface area contributed by atoms with Crippen LogP contribution < -0.4 is 14.4 Å². The van der Waals surface area contributed by atoms with Gasteiger partial charge in [0.05, 0.1) is 18.5 Å². The number of carbonyl (C=O) groups excluding carboxylic acids is 1. The maximum Gasteiger partial charge on any atom is 0.243 e. The molecular formula is C23H31ClN2O4S. The van der Waals surface area contributed by atoms with Crippen LogP contribution in [0.3, 0.4) is 0 Å². The molecule has 0 aliphatic rings. The highest BCUT2D eigenvalue weighted by Crippen LogP contribution is 2.31. The summed E-state index contributed by atoms with van der Waals surface area (Å²) in [5.74, 6) is 0.346. The Hall–Kier alpha value is -2.25. The van der Waals surface area contributed by atoms with Crippen molar-refractivity contribution in [2.75, 3.05) is 23.7 Å². The van der Waals surface area contributed by atoms with Crippen LogP contribution in [0.15, 0.2) is 42.5 Å². The summed E-state index contributed by atoms with van der Waals surface area (Å²) >= 11 is 6.16. The van der Waals surface area contributed by atoms with Crippen molar-refractivity contribution in [1.29, 1.82) is 0 Å². The van der Waals surface area contributed by atoms with Gasteiger partial charge in [0.2, 0.25) is 15.9 Å². The number of halogens is 1. The number of benzene rings is 2. The summed E-state index contributed by atoms with van der Waals surface area (Å²) in [5.41, 5.74) is 2.17. The molecule has 0 radical (unpaired) electrons. The van der Waals surface area contributed by atoms with Crippen molar-refractivity contribution in [1.82, 2.24) is 5.32 Å². The second-order valence-electron chi connectivity index (χ2n) is 8.55. The second kappa shape index (κ2) is 9.92. The van der Waals surface area contributed by atoms with Gasteiger partial charge in [-0.1, -0.05) is 56.6 Å². The van der Waals surface area contributed by atoms with Gasteiger partial charge in [0.1, 0.15) is 18.4 Å². The van der Waals surface area contributed by atoms with Gasteiger partial charge in [0.25, 0.3) is 0 Å². The van der Waals surface area contributed by atoms with Gasteiger partial charge in [-0.3, -0.25) is 9.10 Å². The molecule has 0 aromatic heterocycles. The Balaban J connectivity index is 2.05. The highest BCUT2D eigenvalue weighted by atomic mass is 35.5. The van der Waals surface area contributed by atoms with Gasteiger partial charge < -0.3 is 10.1 Å². The molecule has 0 saturated heterocycles. The number of nitrogens with zero attached hydrogens (tertiary/aromatic N) is 1. The fraction of sp³-hybridized carbons (Fsp3) is 0.435. The molecule has 0 unspecified atom stereocenters. The molecule has 1 amide bonds. The molecular weight excluding hydrogens is 436 g/mol. The van der Waals surface area contributed by atoms with Crippen LogP contribution in [0.2, 0.25) is 5.02 Å². The van der Waals surface area contributed by atoms with Gasteiger partial charge >= 0.3 is 0 Å². The molecule has 0 bridgehead atoms. The average Bonchev–Trinajstić information content (AvgIpc) is 2.66. The van der Waals surface area contributed by atoms with Crippen molar-refractivity contribution in [2.24, 2.45) is 0 Å². The van der Waals surface area contributed by atoms with E-state index in [-0.39, 0.29) is 18.6 Å². The minimum absolute atomic E-state index is 0.0698. The number of anilines is 1. The highest BCUT2D eigenvalue weighted by molar-refractivity contribution is 7.92. The van der Waals surface area contributed by atoms with Gasteiger partial charge in [-0.2, -0.15) is 0 Å². The van der Waals surface area contributed by atoms with E-state index in [0.29, 0.717) is 10.7 Å². The number of hydrogen-bond donors (Lipinski definition) is 1. The molecule has 0 saturated carbocycles. The van der Waals surface area contributed by atoms with Crippen LogP contribution in [0.5, 0.6) is 5.75 Å². The van der Waals surface area contributed by atoms with E-state index in [1.807, 2.05) is 31.2 Å². The molecule has 2 rings (SSSR count). The lowest BCUT2D eigenvalue weighted by Gasteiger charge is -2.28. The number of carbonyl (C=O) groups is 1. The molecule has 0 aliphatic heterocycles. The van der Waals surface area contributed by atoms with Gasteiger partial charge in [0.15, 0.2) is 0 Å². The number of nitrogens with one attached hydrogen (secondary N) is 1. The topological polar surface area (TPSA) is 75.7 Å². The first-order chi connectivity index (χ1) is 14.3. The van der Waals surface area contributed by atoms with E-state index in [1.165, 1.54) is 0 Å². The van der Waals surface area contributed by atoms with E-state index in [2.05, 4.69) is 26.1 Å². The molecule has 6 nitrogen and oxygen atoms in total. The van der Waals surface area contributed by atoms with Crippen molar-refractivity contribution >= 4 is 33.2 Å². The summed E-state index contributed by atoms with van der Waals surface area (Å²) in [7, 11) is -3.70. The fourth-order valence-electron chi connectivity index (χ4n) is 3.22. The molecule has 0 aliphatic carbocycles. The van der Waals surface area contributed by atoms with Crippen LogP contribution in [0.4, 0.5) is 5.69 Å². The first-order valence-electron chi connectivity index (χ1n) is 10.1.